The van der Waals surface area contributed by atoms with Crippen LogP contribution in [0, 0.1) is 0 Å². The molecule has 0 amide bonds. The van der Waals surface area contributed by atoms with E-state index < -0.39 is 6.10 Å². The molecule has 0 saturated carbocycles. The van der Waals surface area contributed by atoms with Gasteiger partial charge in [-0.05, 0) is 83.5 Å². The van der Waals surface area contributed by atoms with E-state index in [1.54, 1.807) is 0 Å². The third-order valence-electron chi connectivity index (χ3n) is 10.5. The number of hydrogen-bond donors (Lipinski definition) is 0. The third kappa shape index (κ3) is 47.5. The topological polar surface area (TPSA) is 78.9 Å². The molecule has 0 spiro atoms. The van der Waals surface area contributed by atoms with E-state index in [9.17, 15) is 14.4 Å². The summed E-state index contributed by atoms with van der Waals surface area (Å²) in [5.41, 5.74) is 0. The highest BCUT2D eigenvalue weighted by atomic mass is 16.6. The highest BCUT2D eigenvalue weighted by Gasteiger charge is 2.19. The van der Waals surface area contributed by atoms with Gasteiger partial charge in [-0.15, -0.1) is 0 Å². The van der Waals surface area contributed by atoms with E-state index >= 15 is 0 Å². The minimum absolute atomic E-state index is 0.0935. The highest BCUT2D eigenvalue weighted by molar-refractivity contribution is 5.71. The number of rotatable bonds is 44. The lowest BCUT2D eigenvalue weighted by Crippen LogP contribution is -2.30. The van der Waals surface area contributed by atoms with E-state index in [2.05, 4.69) is 81.5 Å². The lowest BCUT2D eigenvalue weighted by Gasteiger charge is -2.18. The van der Waals surface area contributed by atoms with Crippen LogP contribution in [0.25, 0.3) is 0 Å². The molecule has 0 fully saturated rings. The van der Waals surface area contributed by atoms with Crippen molar-refractivity contribution in [2.75, 3.05) is 13.2 Å². The molecule has 0 aromatic rings. The van der Waals surface area contributed by atoms with Crippen molar-refractivity contribution in [3.8, 4) is 0 Å². The molecule has 0 aromatic heterocycles. The fourth-order valence-corrected chi connectivity index (χ4v) is 6.62. The Bertz CT molecular complexity index is 1200. The van der Waals surface area contributed by atoms with Crippen molar-refractivity contribution in [1.82, 2.24) is 0 Å². The highest BCUT2D eigenvalue weighted by Crippen LogP contribution is 2.14. The molecule has 61 heavy (non-hydrogen) atoms. The molecule has 348 valence electrons. The normalized spacial score (nSPS) is 12.8. The van der Waals surface area contributed by atoms with Gasteiger partial charge in [-0.25, -0.2) is 0 Å². The van der Waals surface area contributed by atoms with Gasteiger partial charge in [0.25, 0.3) is 0 Å². The molecule has 1 unspecified atom stereocenters. The molecule has 0 aliphatic heterocycles. The first-order valence-corrected chi connectivity index (χ1v) is 25.2. The largest absolute Gasteiger partial charge is 0.462 e. The summed E-state index contributed by atoms with van der Waals surface area (Å²) in [6.07, 6.45) is 62.7. The molecule has 0 radical (unpaired) electrons. The van der Waals surface area contributed by atoms with Crippen molar-refractivity contribution in [2.24, 2.45) is 0 Å². The van der Waals surface area contributed by atoms with Crippen molar-refractivity contribution in [2.45, 2.75) is 232 Å². The molecule has 0 aliphatic carbocycles. The maximum atomic E-state index is 12.8. The van der Waals surface area contributed by atoms with Gasteiger partial charge in [0.05, 0.1) is 0 Å². The predicted octanol–water partition coefficient (Wildman–Crippen LogP) is 16.4. The zero-order valence-corrected chi connectivity index (χ0v) is 39.7. The number of unbranched alkanes of at least 4 members (excludes halogenated alkanes) is 23. The number of hydrogen-bond acceptors (Lipinski definition) is 6. The van der Waals surface area contributed by atoms with Crippen molar-refractivity contribution >= 4 is 17.9 Å². The van der Waals surface area contributed by atoms with Gasteiger partial charge < -0.3 is 14.2 Å². The smallest absolute Gasteiger partial charge is 0.306 e. The van der Waals surface area contributed by atoms with Crippen LogP contribution in [0.3, 0.4) is 0 Å². The Kier molecular flexibility index (Phi) is 46.5. The van der Waals surface area contributed by atoms with Crippen LogP contribution in [-0.4, -0.2) is 37.2 Å². The Morgan fingerprint density at radius 1 is 0.328 bits per heavy atom. The summed E-state index contributed by atoms with van der Waals surface area (Å²) in [5, 5.41) is 0. The fourth-order valence-electron chi connectivity index (χ4n) is 6.62. The van der Waals surface area contributed by atoms with E-state index in [0.717, 1.165) is 103 Å². The minimum Gasteiger partial charge on any atom is -0.462 e. The quantitative estimate of drug-likeness (QED) is 0.0200. The molecular weight excluding hydrogens is 757 g/mol. The molecule has 1 atom stereocenters. The minimum atomic E-state index is -0.793. The Morgan fingerprint density at radius 3 is 1.08 bits per heavy atom. The van der Waals surface area contributed by atoms with Gasteiger partial charge in [0.15, 0.2) is 6.10 Å². The maximum absolute atomic E-state index is 12.8. The monoisotopic (exact) mass is 849 g/mol. The van der Waals surface area contributed by atoms with Crippen molar-refractivity contribution in [3.63, 3.8) is 0 Å². The molecule has 0 aliphatic rings. The van der Waals surface area contributed by atoms with E-state index in [1.807, 2.05) is 24.3 Å². The first-order chi connectivity index (χ1) is 30.0. The van der Waals surface area contributed by atoms with Crippen molar-refractivity contribution < 1.29 is 28.6 Å². The van der Waals surface area contributed by atoms with Crippen LogP contribution in [0.15, 0.2) is 85.1 Å². The molecule has 6 heteroatoms. The molecule has 0 bridgehead atoms. The molecular formula is C55H92O6. The van der Waals surface area contributed by atoms with Crippen molar-refractivity contribution in [3.05, 3.63) is 85.1 Å². The lowest BCUT2D eigenvalue weighted by atomic mass is 10.1. The second-order valence-electron chi connectivity index (χ2n) is 16.5. The lowest BCUT2D eigenvalue weighted by molar-refractivity contribution is -0.167. The number of carbonyl (C=O) groups is 3. The van der Waals surface area contributed by atoms with Crippen molar-refractivity contribution in [1.29, 1.82) is 0 Å². The van der Waals surface area contributed by atoms with Gasteiger partial charge in [0.1, 0.15) is 13.2 Å². The van der Waals surface area contributed by atoms with Gasteiger partial charge in [-0.2, -0.15) is 0 Å². The maximum Gasteiger partial charge on any atom is 0.306 e. The van der Waals surface area contributed by atoms with E-state index in [0.29, 0.717) is 19.3 Å². The summed E-state index contributed by atoms with van der Waals surface area (Å²) in [4.78, 5) is 37.9. The standard InChI is InChI=1S/C55H92O6/c1-4-7-10-13-16-19-22-24-26-27-28-30-31-33-36-39-42-45-48-54(57)60-51-52(50-59-53(56)47-44-41-38-35-21-18-15-12-9-6-3)61-55(58)49-46-43-40-37-34-32-29-25-23-20-17-14-11-8-5-2/h10,13,15-16,18-20,22-24,26-28,30,52H,4-9,11-12,14,17,21,25,29,31-51H2,1-3H3/b13-10-,18-15-,19-16-,23-20-,24-22-,27-26-,30-28-. The van der Waals surface area contributed by atoms with Gasteiger partial charge in [-0.3, -0.25) is 14.4 Å². The molecule has 0 saturated heterocycles. The number of ether oxygens (including phenoxy) is 3. The van der Waals surface area contributed by atoms with Crippen LogP contribution in [0.4, 0.5) is 0 Å². The molecule has 6 nitrogen and oxygen atoms in total. The van der Waals surface area contributed by atoms with Crippen LogP contribution in [-0.2, 0) is 28.6 Å². The van der Waals surface area contributed by atoms with E-state index in [1.165, 1.54) is 83.5 Å². The molecule has 0 N–H and O–H groups in total. The zero-order valence-electron chi connectivity index (χ0n) is 39.7. The fraction of sp³-hybridized carbons (Fsp3) is 0.691. The Labute approximate surface area is 375 Å². The number of allylic oxidation sites excluding steroid dienone is 14. The first kappa shape index (κ1) is 57.6. The third-order valence-corrected chi connectivity index (χ3v) is 10.5. The first-order valence-electron chi connectivity index (χ1n) is 25.2. The second kappa shape index (κ2) is 49.2. The van der Waals surface area contributed by atoms with Gasteiger partial charge >= 0.3 is 17.9 Å². The average Bonchev–Trinajstić information content (AvgIpc) is 3.26. The second-order valence-corrected chi connectivity index (χ2v) is 16.5. The zero-order chi connectivity index (χ0) is 44.4. The summed E-state index contributed by atoms with van der Waals surface area (Å²) in [5.74, 6) is -0.939. The SMILES string of the molecule is CCC\C=C/C=C\C=C/C=C\C=C/CCCCCCCC(=O)OCC(COC(=O)CCCCCC/C=C\CCCC)OC(=O)CCCCCCCCC/C=C\CCCCCC. The summed E-state index contributed by atoms with van der Waals surface area (Å²) in [6, 6.07) is 0. The summed E-state index contributed by atoms with van der Waals surface area (Å²) < 4.78 is 16.7. The predicted molar refractivity (Wildman–Crippen MR) is 261 cm³/mol. The molecule has 0 heterocycles. The number of carbonyl (C=O) groups excluding carboxylic acids is 3. The van der Waals surface area contributed by atoms with Crippen LogP contribution in [0.5, 0.6) is 0 Å². The number of esters is 3. The Morgan fingerprint density at radius 2 is 0.656 bits per heavy atom. The van der Waals surface area contributed by atoms with Crippen LogP contribution < -0.4 is 0 Å². The molecule has 0 aromatic carbocycles. The van der Waals surface area contributed by atoms with Gasteiger partial charge in [0.2, 0.25) is 0 Å². The van der Waals surface area contributed by atoms with Crippen LogP contribution in [0.2, 0.25) is 0 Å². The van der Waals surface area contributed by atoms with Gasteiger partial charge in [0, 0.05) is 19.3 Å². The van der Waals surface area contributed by atoms with Crippen LogP contribution >= 0.6 is 0 Å². The summed E-state index contributed by atoms with van der Waals surface area (Å²) in [7, 11) is 0. The van der Waals surface area contributed by atoms with Gasteiger partial charge in [-0.1, -0.05) is 209 Å². The Hall–Kier alpha value is -3.41. The average molecular weight is 849 g/mol. The van der Waals surface area contributed by atoms with E-state index in [4.69, 9.17) is 14.2 Å². The Balaban J connectivity index is 4.43. The summed E-state index contributed by atoms with van der Waals surface area (Å²) >= 11 is 0. The van der Waals surface area contributed by atoms with Crippen LogP contribution in [0.1, 0.15) is 226 Å². The summed E-state index contributed by atoms with van der Waals surface area (Å²) in [6.45, 7) is 6.45. The van der Waals surface area contributed by atoms with E-state index in [-0.39, 0.29) is 31.1 Å². The molecule has 0 rings (SSSR count).